The van der Waals surface area contributed by atoms with Gasteiger partial charge in [0.15, 0.2) is 5.82 Å². The summed E-state index contributed by atoms with van der Waals surface area (Å²) in [5.74, 6) is -0.149. The lowest BCUT2D eigenvalue weighted by atomic mass is 9.86. The first-order valence-corrected chi connectivity index (χ1v) is 9.03. The smallest absolute Gasteiger partial charge is 0.254 e. The Bertz CT molecular complexity index is 995. The number of rotatable bonds is 5. The molecular formula is C22H24N4O2. The summed E-state index contributed by atoms with van der Waals surface area (Å²) in [5, 5.41) is 16.4. The number of aromatic hydroxyl groups is 1. The van der Waals surface area contributed by atoms with Gasteiger partial charge in [-0.25, -0.2) is 4.99 Å². The van der Waals surface area contributed by atoms with E-state index in [-0.39, 0.29) is 22.5 Å². The first-order chi connectivity index (χ1) is 13.2. The van der Waals surface area contributed by atoms with Gasteiger partial charge < -0.3 is 10.8 Å². The molecule has 0 saturated carbocycles. The predicted octanol–water partition coefficient (Wildman–Crippen LogP) is 3.85. The van der Waals surface area contributed by atoms with E-state index in [0.717, 1.165) is 11.1 Å². The summed E-state index contributed by atoms with van der Waals surface area (Å²) in [6, 6.07) is 14.8. The molecule has 4 N–H and O–H groups in total. The first kappa shape index (κ1) is 19.4. The molecule has 0 radical (unpaired) electrons. The molecule has 0 saturated heterocycles. The lowest BCUT2D eigenvalue weighted by molar-refractivity contribution is 0.100. The molecule has 28 heavy (non-hydrogen) atoms. The number of primary amides is 1. The number of nitrogens with two attached hydrogens (primary N) is 1. The van der Waals surface area contributed by atoms with Gasteiger partial charge in [-0.05, 0) is 46.4 Å². The quantitative estimate of drug-likeness (QED) is 0.589. The number of amides is 1. The number of H-pyrrole nitrogens is 1. The molecule has 1 amide bonds. The molecule has 0 bridgehead atoms. The lowest BCUT2D eigenvalue weighted by Gasteiger charge is -2.19. The molecule has 1 aromatic heterocycles. The monoisotopic (exact) mass is 376 g/mol. The molecule has 0 aliphatic rings. The molecule has 6 heteroatoms. The van der Waals surface area contributed by atoms with Crippen LogP contribution in [-0.4, -0.2) is 27.4 Å². The molecule has 3 rings (SSSR count). The average Bonchev–Trinajstić information content (AvgIpc) is 3.04. The summed E-state index contributed by atoms with van der Waals surface area (Å²) in [4.78, 5) is 16.3. The fourth-order valence-corrected chi connectivity index (χ4v) is 2.87. The Labute approximate surface area is 164 Å². The molecule has 2 aromatic carbocycles. The number of phenols is 1. The molecule has 0 fully saturated rings. The average molecular weight is 376 g/mol. The number of hydrogen-bond acceptors (Lipinski definition) is 4. The number of nitrogens with zero attached hydrogens (tertiary/aromatic N) is 2. The standard InChI is InChI=1S/C22H24N4O2/c1-22(2,3)16-8-4-14(5-9-16)12-18-19(20(23)28)21(26-25-18)24-13-15-6-10-17(27)11-7-15/h4-11,13,27H,12H2,1-3H3,(H2,23,28)(H,25,26). The van der Waals surface area contributed by atoms with Gasteiger partial charge in [-0.3, -0.25) is 9.89 Å². The predicted molar refractivity (Wildman–Crippen MR) is 110 cm³/mol. The van der Waals surface area contributed by atoms with Crippen molar-refractivity contribution in [2.24, 2.45) is 10.7 Å². The highest BCUT2D eigenvalue weighted by Gasteiger charge is 2.18. The van der Waals surface area contributed by atoms with Crippen LogP contribution in [0.25, 0.3) is 0 Å². The highest BCUT2D eigenvalue weighted by Crippen LogP contribution is 2.25. The molecule has 0 atom stereocenters. The number of hydrogen-bond donors (Lipinski definition) is 3. The van der Waals surface area contributed by atoms with Crippen LogP contribution < -0.4 is 5.73 Å². The van der Waals surface area contributed by atoms with E-state index in [1.165, 1.54) is 5.56 Å². The number of aromatic nitrogens is 2. The van der Waals surface area contributed by atoms with E-state index >= 15 is 0 Å². The zero-order valence-corrected chi connectivity index (χ0v) is 16.2. The van der Waals surface area contributed by atoms with Crippen molar-refractivity contribution in [1.82, 2.24) is 10.2 Å². The van der Waals surface area contributed by atoms with Crippen LogP contribution in [0.2, 0.25) is 0 Å². The number of carbonyl (C=O) groups excluding carboxylic acids is 1. The van der Waals surface area contributed by atoms with Gasteiger partial charge >= 0.3 is 0 Å². The van der Waals surface area contributed by atoms with Crippen molar-refractivity contribution in [2.45, 2.75) is 32.6 Å². The topological polar surface area (TPSA) is 104 Å². The summed E-state index contributed by atoms with van der Waals surface area (Å²) in [6.07, 6.45) is 2.08. The number of nitrogens with one attached hydrogen (secondary N) is 1. The first-order valence-electron chi connectivity index (χ1n) is 9.03. The van der Waals surface area contributed by atoms with Gasteiger partial charge in [-0.15, -0.1) is 0 Å². The van der Waals surface area contributed by atoms with Crippen molar-refractivity contribution in [3.63, 3.8) is 0 Å². The van der Waals surface area contributed by atoms with Crippen molar-refractivity contribution in [1.29, 1.82) is 0 Å². The third-order valence-electron chi connectivity index (χ3n) is 4.50. The van der Waals surface area contributed by atoms with Crippen LogP contribution in [0.5, 0.6) is 5.75 Å². The molecule has 3 aromatic rings. The maximum atomic E-state index is 12.0. The van der Waals surface area contributed by atoms with E-state index in [4.69, 9.17) is 5.73 Å². The van der Waals surface area contributed by atoms with E-state index in [0.29, 0.717) is 12.1 Å². The second kappa shape index (κ2) is 7.68. The van der Waals surface area contributed by atoms with Crippen LogP contribution in [0.4, 0.5) is 5.82 Å². The van der Waals surface area contributed by atoms with Gasteiger partial charge in [0, 0.05) is 12.6 Å². The minimum absolute atomic E-state index is 0.0843. The Kier molecular flexibility index (Phi) is 5.31. The van der Waals surface area contributed by atoms with Gasteiger partial charge in [0.05, 0.1) is 5.69 Å². The molecule has 1 heterocycles. The number of benzene rings is 2. The van der Waals surface area contributed by atoms with Gasteiger partial charge in [0.2, 0.25) is 0 Å². The van der Waals surface area contributed by atoms with Gasteiger partial charge in [0.25, 0.3) is 5.91 Å². The minimum Gasteiger partial charge on any atom is -0.508 e. The minimum atomic E-state index is -0.576. The van der Waals surface area contributed by atoms with Crippen LogP contribution in [0.3, 0.4) is 0 Å². The van der Waals surface area contributed by atoms with E-state index < -0.39 is 5.91 Å². The summed E-state index contributed by atoms with van der Waals surface area (Å²) < 4.78 is 0. The Hall–Kier alpha value is -3.41. The Morgan fingerprint density at radius 2 is 1.79 bits per heavy atom. The van der Waals surface area contributed by atoms with E-state index in [2.05, 4.69) is 48.1 Å². The van der Waals surface area contributed by atoms with Crippen LogP contribution >= 0.6 is 0 Å². The van der Waals surface area contributed by atoms with Crippen molar-refractivity contribution in [2.75, 3.05) is 0 Å². The fourth-order valence-electron chi connectivity index (χ4n) is 2.87. The summed E-state index contributed by atoms with van der Waals surface area (Å²) >= 11 is 0. The maximum Gasteiger partial charge on any atom is 0.254 e. The lowest BCUT2D eigenvalue weighted by Crippen LogP contribution is -2.13. The largest absolute Gasteiger partial charge is 0.508 e. The van der Waals surface area contributed by atoms with Crippen LogP contribution in [0.1, 0.15) is 53.5 Å². The maximum absolute atomic E-state index is 12.0. The fraction of sp³-hybridized carbons (Fsp3) is 0.227. The summed E-state index contributed by atoms with van der Waals surface area (Å²) in [7, 11) is 0. The van der Waals surface area contributed by atoms with E-state index in [1.807, 2.05) is 12.1 Å². The number of aromatic amines is 1. The molecule has 0 spiro atoms. The van der Waals surface area contributed by atoms with Gasteiger partial charge in [-0.2, -0.15) is 5.10 Å². The molecule has 0 unspecified atom stereocenters. The zero-order chi connectivity index (χ0) is 20.3. The second-order valence-corrected chi connectivity index (χ2v) is 7.74. The number of aliphatic imine (C=N–C) groups is 1. The van der Waals surface area contributed by atoms with Crippen LogP contribution in [0.15, 0.2) is 53.5 Å². The Balaban J connectivity index is 1.84. The third-order valence-corrected chi connectivity index (χ3v) is 4.50. The Morgan fingerprint density at radius 1 is 1.14 bits per heavy atom. The van der Waals surface area contributed by atoms with Crippen molar-refractivity contribution < 1.29 is 9.90 Å². The van der Waals surface area contributed by atoms with E-state index in [9.17, 15) is 9.90 Å². The van der Waals surface area contributed by atoms with Crippen LogP contribution in [-0.2, 0) is 11.8 Å². The Morgan fingerprint density at radius 3 is 2.36 bits per heavy atom. The highest BCUT2D eigenvalue weighted by molar-refractivity contribution is 5.99. The van der Waals surface area contributed by atoms with Crippen molar-refractivity contribution in [3.8, 4) is 5.75 Å². The second-order valence-electron chi connectivity index (χ2n) is 7.74. The molecular weight excluding hydrogens is 352 g/mol. The molecule has 0 aliphatic heterocycles. The van der Waals surface area contributed by atoms with Gasteiger partial charge in [-0.1, -0.05) is 45.0 Å². The zero-order valence-electron chi connectivity index (χ0n) is 16.2. The molecule has 0 aliphatic carbocycles. The van der Waals surface area contributed by atoms with Gasteiger partial charge in [0.1, 0.15) is 11.3 Å². The summed E-state index contributed by atoms with van der Waals surface area (Å²) in [5.41, 5.74) is 9.65. The third kappa shape index (κ3) is 4.46. The normalized spacial score (nSPS) is 11.8. The number of phenolic OH excluding ortho intramolecular Hbond substituents is 1. The number of carbonyl (C=O) groups is 1. The van der Waals surface area contributed by atoms with Crippen molar-refractivity contribution >= 4 is 17.9 Å². The van der Waals surface area contributed by atoms with Crippen molar-refractivity contribution in [3.05, 3.63) is 76.5 Å². The van der Waals surface area contributed by atoms with E-state index in [1.54, 1.807) is 30.5 Å². The SMILES string of the molecule is CC(C)(C)c1ccc(Cc2[nH]nc(N=Cc3ccc(O)cc3)c2C(N)=O)cc1. The summed E-state index contributed by atoms with van der Waals surface area (Å²) in [6.45, 7) is 6.50. The molecule has 6 nitrogen and oxygen atoms in total. The highest BCUT2D eigenvalue weighted by atomic mass is 16.3. The molecule has 144 valence electrons. The van der Waals surface area contributed by atoms with Crippen LogP contribution in [0, 0.1) is 0 Å².